The number of piperidine rings is 1. The average molecular weight is 339 g/mol. The highest BCUT2D eigenvalue weighted by Crippen LogP contribution is 2.34. The SMILES string of the molecule is Cc1c(C(=O)NC2CC2Cc2ccccc2)nnn1C1CCNCC1. The van der Waals surface area contributed by atoms with Crippen LogP contribution in [0.3, 0.4) is 0 Å². The number of carbonyl (C=O) groups excluding carboxylic acids is 1. The Labute approximate surface area is 148 Å². The molecular formula is C19H25N5O. The summed E-state index contributed by atoms with van der Waals surface area (Å²) in [5, 5.41) is 14.9. The molecule has 0 radical (unpaired) electrons. The lowest BCUT2D eigenvalue weighted by molar-refractivity contribution is 0.0943. The number of carbonyl (C=O) groups is 1. The molecule has 0 bridgehead atoms. The Morgan fingerprint density at radius 3 is 2.80 bits per heavy atom. The van der Waals surface area contributed by atoms with Gasteiger partial charge in [-0.05, 0) is 57.2 Å². The first-order valence-corrected chi connectivity index (χ1v) is 9.19. The van der Waals surface area contributed by atoms with Gasteiger partial charge in [0.2, 0.25) is 0 Å². The molecule has 2 N–H and O–H groups in total. The molecule has 1 amide bonds. The van der Waals surface area contributed by atoms with Crippen molar-refractivity contribution in [2.75, 3.05) is 13.1 Å². The first-order chi connectivity index (χ1) is 12.2. The zero-order chi connectivity index (χ0) is 17.2. The van der Waals surface area contributed by atoms with E-state index in [1.54, 1.807) is 0 Å². The quantitative estimate of drug-likeness (QED) is 0.872. The van der Waals surface area contributed by atoms with Crippen LogP contribution in [0.4, 0.5) is 0 Å². The summed E-state index contributed by atoms with van der Waals surface area (Å²) in [4.78, 5) is 12.6. The molecule has 1 saturated carbocycles. The van der Waals surface area contributed by atoms with Gasteiger partial charge < -0.3 is 10.6 Å². The predicted molar refractivity (Wildman–Crippen MR) is 95.4 cm³/mol. The topological polar surface area (TPSA) is 71.8 Å². The number of rotatable bonds is 5. The van der Waals surface area contributed by atoms with E-state index in [1.165, 1.54) is 5.56 Å². The van der Waals surface area contributed by atoms with E-state index < -0.39 is 0 Å². The number of nitrogens with zero attached hydrogens (tertiary/aromatic N) is 3. The summed E-state index contributed by atoms with van der Waals surface area (Å²) < 4.78 is 1.93. The molecule has 6 nitrogen and oxygen atoms in total. The van der Waals surface area contributed by atoms with Crippen LogP contribution in [0.25, 0.3) is 0 Å². The van der Waals surface area contributed by atoms with Crippen LogP contribution >= 0.6 is 0 Å². The summed E-state index contributed by atoms with van der Waals surface area (Å²) in [7, 11) is 0. The van der Waals surface area contributed by atoms with Crippen molar-refractivity contribution >= 4 is 5.91 Å². The van der Waals surface area contributed by atoms with Gasteiger partial charge in [0, 0.05) is 6.04 Å². The molecule has 2 aliphatic rings. The smallest absolute Gasteiger partial charge is 0.273 e. The van der Waals surface area contributed by atoms with E-state index in [0.717, 1.165) is 44.5 Å². The maximum absolute atomic E-state index is 12.6. The Hall–Kier alpha value is -2.21. The van der Waals surface area contributed by atoms with Crippen LogP contribution < -0.4 is 10.6 Å². The van der Waals surface area contributed by atoms with Crippen molar-refractivity contribution in [3.63, 3.8) is 0 Å². The van der Waals surface area contributed by atoms with Crippen LogP contribution in [-0.2, 0) is 6.42 Å². The molecule has 0 spiro atoms. The fourth-order valence-corrected chi connectivity index (χ4v) is 3.75. The summed E-state index contributed by atoms with van der Waals surface area (Å²) in [6.45, 7) is 3.94. The zero-order valence-electron chi connectivity index (χ0n) is 14.6. The third-order valence-electron chi connectivity index (χ3n) is 5.38. The van der Waals surface area contributed by atoms with Gasteiger partial charge >= 0.3 is 0 Å². The molecule has 2 unspecified atom stereocenters. The highest BCUT2D eigenvalue weighted by molar-refractivity contribution is 5.93. The van der Waals surface area contributed by atoms with Crippen molar-refractivity contribution in [1.82, 2.24) is 25.6 Å². The summed E-state index contributed by atoms with van der Waals surface area (Å²) in [5.74, 6) is 0.448. The normalized spacial score (nSPS) is 23.4. The Balaban J connectivity index is 1.35. The molecule has 6 heteroatoms. The molecule has 2 fully saturated rings. The van der Waals surface area contributed by atoms with E-state index in [9.17, 15) is 4.79 Å². The van der Waals surface area contributed by atoms with Crippen molar-refractivity contribution in [3.05, 3.63) is 47.3 Å². The fraction of sp³-hybridized carbons (Fsp3) is 0.526. The lowest BCUT2D eigenvalue weighted by atomic mass is 10.1. The highest BCUT2D eigenvalue weighted by atomic mass is 16.2. The number of hydrogen-bond donors (Lipinski definition) is 2. The Morgan fingerprint density at radius 2 is 2.04 bits per heavy atom. The summed E-state index contributed by atoms with van der Waals surface area (Å²) >= 11 is 0. The summed E-state index contributed by atoms with van der Waals surface area (Å²) in [6.07, 6.45) is 4.13. The highest BCUT2D eigenvalue weighted by Gasteiger charge is 2.39. The van der Waals surface area contributed by atoms with E-state index in [0.29, 0.717) is 17.7 Å². The van der Waals surface area contributed by atoms with Gasteiger partial charge in [-0.3, -0.25) is 4.79 Å². The minimum atomic E-state index is -0.0850. The van der Waals surface area contributed by atoms with Crippen molar-refractivity contribution < 1.29 is 4.79 Å². The summed E-state index contributed by atoms with van der Waals surface area (Å²) in [6, 6.07) is 11.1. The van der Waals surface area contributed by atoms with E-state index in [-0.39, 0.29) is 11.9 Å². The molecule has 132 valence electrons. The second kappa shape index (κ2) is 6.96. The van der Waals surface area contributed by atoms with Crippen molar-refractivity contribution in [2.45, 2.75) is 44.7 Å². The molecular weight excluding hydrogens is 314 g/mol. The number of hydrogen-bond acceptors (Lipinski definition) is 4. The number of amides is 1. The summed E-state index contributed by atoms with van der Waals surface area (Å²) in [5.41, 5.74) is 2.69. The lowest BCUT2D eigenvalue weighted by Gasteiger charge is -2.23. The molecule has 25 heavy (non-hydrogen) atoms. The van der Waals surface area contributed by atoms with Gasteiger partial charge in [-0.1, -0.05) is 35.5 Å². The number of benzene rings is 1. The minimum Gasteiger partial charge on any atom is -0.348 e. The van der Waals surface area contributed by atoms with Gasteiger partial charge in [-0.25, -0.2) is 4.68 Å². The van der Waals surface area contributed by atoms with Crippen LogP contribution in [0, 0.1) is 12.8 Å². The van der Waals surface area contributed by atoms with Crippen molar-refractivity contribution in [2.24, 2.45) is 5.92 Å². The van der Waals surface area contributed by atoms with E-state index >= 15 is 0 Å². The molecule has 1 aliphatic carbocycles. The van der Waals surface area contributed by atoms with Crippen LogP contribution in [-0.4, -0.2) is 40.0 Å². The molecule has 1 saturated heterocycles. The standard InChI is InChI=1S/C19H25N5O/c1-13-18(22-23-24(13)16-7-9-20-10-8-16)19(25)21-17-12-15(17)11-14-5-3-2-4-6-14/h2-6,15-17,20H,7-12H2,1H3,(H,21,25). The Bertz CT molecular complexity index is 736. The Kier molecular flexibility index (Phi) is 4.53. The molecule has 4 rings (SSSR count). The molecule has 1 aromatic heterocycles. The molecule has 2 aromatic rings. The minimum absolute atomic E-state index is 0.0850. The number of nitrogens with one attached hydrogen (secondary N) is 2. The first kappa shape index (κ1) is 16.3. The van der Waals surface area contributed by atoms with Gasteiger partial charge in [-0.15, -0.1) is 5.10 Å². The van der Waals surface area contributed by atoms with Gasteiger partial charge in [0.1, 0.15) is 0 Å². The van der Waals surface area contributed by atoms with Crippen LogP contribution in [0.5, 0.6) is 0 Å². The molecule has 2 heterocycles. The number of aromatic nitrogens is 3. The van der Waals surface area contributed by atoms with Gasteiger partial charge in [0.15, 0.2) is 5.69 Å². The molecule has 2 atom stereocenters. The van der Waals surface area contributed by atoms with Crippen LogP contribution in [0.2, 0.25) is 0 Å². The van der Waals surface area contributed by atoms with E-state index in [4.69, 9.17) is 0 Å². The predicted octanol–water partition coefficient (Wildman–Crippen LogP) is 1.87. The van der Waals surface area contributed by atoms with Gasteiger partial charge in [-0.2, -0.15) is 0 Å². The molecule has 1 aromatic carbocycles. The zero-order valence-corrected chi connectivity index (χ0v) is 14.6. The lowest BCUT2D eigenvalue weighted by Crippen LogP contribution is -2.31. The third-order valence-corrected chi connectivity index (χ3v) is 5.38. The molecule has 1 aliphatic heterocycles. The Morgan fingerprint density at radius 1 is 1.28 bits per heavy atom. The van der Waals surface area contributed by atoms with Crippen molar-refractivity contribution in [1.29, 1.82) is 0 Å². The van der Waals surface area contributed by atoms with Crippen molar-refractivity contribution in [3.8, 4) is 0 Å². The van der Waals surface area contributed by atoms with Gasteiger partial charge in [0.05, 0.1) is 11.7 Å². The largest absolute Gasteiger partial charge is 0.348 e. The van der Waals surface area contributed by atoms with Crippen LogP contribution in [0.1, 0.15) is 47.1 Å². The second-order valence-corrected chi connectivity index (χ2v) is 7.21. The second-order valence-electron chi connectivity index (χ2n) is 7.21. The van der Waals surface area contributed by atoms with E-state index in [2.05, 4.69) is 45.2 Å². The van der Waals surface area contributed by atoms with Gasteiger partial charge in [0.25, 0.3) is 5.91 Å². The maximum Gasteiger partial charge on any atom is 0.273 e. The monoisotopic (exact) mass is 339 g/mol. The first-order valence-electron chi connectivity index (χ1n) is 9.19. The van der Waals surface area contributed by atoms with Crippen LogP contribution in [0.15, 0.2) is 30.3 Å². The maximum atomic E-state index is 12.6. The fourth-order valence-electron chi connectivity index (χ4n) is 3.75. The van der Waals surface area contributed by atoms with E-state index in [1.807, 2.05) is 17.7 Å². The third kappa shape index (κ3) is 3.58. The average Bonchev–Trinajstić information content (AvgIpc) is 3.23.